The molecule has 1 aliphatic carbocycles. The zero-order chi connectivity index (χ0) is 21.5. The minimum Gasteiger partial charge on any atom is -0.478 e. The largest absolute Gasteiger partial charge is 0.478 e. The monoisotopic (exact) mass is 428 g/mol. The number of hydrazine groups is 1. The first kappa shape index (κ1) is 21.3. The van der Waals surface area contributed by atoms with Gasteiger partial charge in [-0.1, -0.05) is 19.9 Å². The van der Waals surface area contributed by atoms with Gasteiger partial charge in [-0.25, -0.2) is 4.79 Å². The Morgan fingerprint density at radius 1 is 1.27 bits per heavy atom. The van der Waals surface area contributed by atoms with E-state index in [0.717, 1.165) is 67.0 Å². The molecule has 0 radical (unpaired) electrons. The van der Waals surface area contributed by atoms with Crippen LogP contribution in [0, 0.1) is 5.41 Å². The number of fused-ring (bicyclic) bond motifs is 1. The lowest BCUT2D eigenvalue weighted by Crippen LogP contribution is -2.44. The maximum Gasteiger partial charge on any atom is 0.337 e. The summed E-state index contributed by atoms with van der Waals surface area (Å²) in [5.74, 6) is 4.88. The molecular formula is C23H32N4O2S. The normalized spacial score (nSPS) is 19.0. The number of carboxylic acid groups (broad SMARTS) is 1. The number of carbonyl (C=O) groups is 1. The van der Waals surface area contributed by atoms with Crippen LogP contribution in [0.3, 0.4) is 0 Å². The first-order chi connectivity index (χ1) is 14.3. The standard InChI is InChI=1S/C23H32N4O2S/c1-23(2)7-6-19-18(13-23)20(22(28)29)21(30-19)17-5-4-16(12-15(17)14-25-24)27-10-8-26(3)9-11-27/h4-5,12,25H,6-11,13-14,24H2,1-3H3,(H,28,29). The number of rotatable bonds is 5. The zero-order valence-electron chi connectivity index (χ0n) is 18.1. The van der Waals surface area contributed by atoms with Crippen molar-refractivity contribution in [1.29, 1.82) is 0 Å². The van der Waals surface area contributed by atoms with Gasteiger partial charge < -0.3 is 14.9 Å². The number of likely N-dealkylation sites (N-methyl/N-ethyl adjacent to an activating group) is 1. The molecule has 6 nitrogen and oxygen atoms in total. The first-order valence-corrected chi connectivity index (χ1v) is 11.5. The summed E-state index contributed by atoms with van der Waals surface area (Å²) in [6.45, 7) is 9.04. The molecule has 1 aromatic heterocycles. The van der Waals surface area contributed by atoms with Gasteiger partial charge in [-0.3, -0.25) is 11.3 Å². The molecule has 0 amide bonds. The summed E-state index contributed by atoms with van der Waals surface area (Å²) in [4.78, 5) is 19.1. The van der Waals surface area contributed by atoms with Crippen molar-refractivity contribution in [3.05, 3.63) is 39.8 Å². The van der Waals surface area contributed by atoms with Crippen molar-refractivity contribution in [2.24, 2.45) is 11.3 Å². The van der Waals surface area contributed by atoms with Crippen molar-refractivity contribution in [3.63, 3.8) is 0 Å². The second-order valence-corrected chi connectivity index (χ2v) is 10.5. The molecule has 30 heavy (non-hydrogen) atoms. The van der Waals surface area contributed by atoms with Gasteiger partial charge in [0.05, 0.1) is 5.56 Å². The number of nitrogens with zero attached hydrogens (tertiary/aromatic N) is 2. The van der Waals surface area contributed by atoms with E-state index in [-0.39, 0.29) is 5.41 Å². The quantitative estimate of drug-likeness (QED) is 0.501. The maximum atomic E-state index is 12.3. The van der Waals surface area contributed by atoms with E-state index in [0.29, 0.717) is 12.1 Å². The number of aryl methyl sites for hydroxylation is 1. The lowest BCUT2D eigenvalue weighted by Gasteiger charge is -2.34. The highest BCUT2D eigenvalue weighted by atomic mass is 32.1. The van der Waals surface area contributed by atoms with Crippen molar-refractivity contribution in [1.82, 2.24) is 10.3 Å². The van der Waals surface area contributed by atoms with Crippen LogP contribution in [0.2, 0.25) is 0 Å². The molecule has 7 heteroatoms. The van der Waals surface area contributed by atoms with Gasteiger partial charge in [0.2, 0.25) is 0 Å². The van der Waals surface area contributed by atoms with Crippen molar-refractivity contribution in [3.8, 4) is 10.4 Å². The first-order valence-electron chi connectivity index (χ1n) is 10.7. The summed E-state index contributed by atoms with van der Waals surface area (Å²) in [5.41, 5.74) is 7.67. The van der Waals surface area contributed by atoms with Crippen LogP contribution < -0.4 is 16.2 Å². The number of hydrogen-bond donors (Lipinski definition) is 3. The Morgan fingerprint density at radius 3 is 2.67 bits per heavy atom. The third-order valence-electron chi connectivity index (χ3n) is 6.48. The Kier molecular flexibility index (Phi) is 5.90. The Labute approximate surface area is 182 Å². The van der Waals surface area contributed by atoms with Crippen LogP contribution in [-0.4, -0.2) is 49.2 Å². The molecule has 1 aliphatic heterocycles. The molecule has 0 atom stereocenters. The van der Waals surface area contributed by atoms with Crippen molar-refractivity contribution in [2.45, 2.75) is 39.7 Å². The molecule has 1 saturated heterocycles. The molecule has 1 fully saturated rings. The second kappa shape index (κ2) is 8.30. The average Bonchev–Trinajstić information content (AvgIpc) is 3.06. The summed E-state index contributed by atoms with van der Waals surface area (Å²) >= 11 is 1.66. The number of thiophene rings is 1. The third kappa shape index (κ3) is 4.12. The summed E-state index contributed by atoms with van der Waals surface area (Å²) in [6, 6.07) is 6.40. The summed E-state index contributed by atoms with van der Waals surface area (Å²) < 4.78 is 0. The van der Waals surface area contributed by atoms with E-state index >= 15 is 0 Å². The Morgan fingerprint density at radius 2 is 2.00 bits per heavy atom. The molecule has 0 bridgehead atoms. The van der Waals surface area contributed by atoms with Crippen LogP contribution in [0.15, 0.2) is 18.2 Å². The average molecular weight is 429 g/mol. The molecule has 162 valence electrons. The number of piperazine rings is 1. The molecule has 2 aromatic rings. The number of nitrogens with one attached hydrogen (secondary N) is 1. The fourth-order valence-electron chi connectivity index (χ4n) is 4.66. The molecule has 4 N–H and O–H groups in total. The van der Waals surface area contributed by atoms with Crippen molar-refractivity contribution in [2.75, 3.05) is 38.1 Å². The number of nitrogens with two attached hydrogens (primary N) is 1. The smallest absolute Gasteiger partial charge is 0.337 e. The van der Waals surface area contributed by atoms with Crippen molar-refractivity contribution >= 4 is 23.0 Å². The van der Waals surface area contributed by atoms with Crippen LogP contribution in [0.5, 0.6) is 0 Å². The van der Waals surface area contributed by atoms with Crippen LogP contribution in [0.1, 0.15) is 46.6 Å². The van der Waals surface area contributed by atoms with Gasteiger partial charge >= 0.3 is 5.97 Å². The van der Waals surface area contributed by atoms with Crippen LogP contribution >= 0.6 is 11.3 Å². The minimum absolute atomic E-state index is 0.141. The van der Waals surface area contributed by atoms with E-state index in [4.69, 9.17) is 5.84 Å². The van der Waals surface area contributed by atoms with Crippen LogP contribution in [0.25, 0.3) is 10.4 Å². The van der Waals surface area contributed by atoms with Crippen molar-refractivity contribution < 1.29 is 9.90 Å². The third-order valence-corrected chi connectivity index (χ3v) is 7.81. The Bertz CT molecular complexity index is 945. The lowest BCUT2D eigenvalue weighted by molar-refractivity contribution is 0.0696. The van der Waals surface area contributed by atoms with E-state index in [2.05, 4.69) is 54.3 Å². The minimum atomic E-state index is -0.824. The van der Waals surface area contributed by atoms with Crippen LogP contribution in [0.4, 0.5) is 5.69 Å². The molecule has 2 heterocycles. The van der Waals surface area contributed by atoms with E-state index in [1.165, 1.54) is 10.6 Å². The van der Waals surface area contributed by atoms with E-state index in [1.807, 2.05) is 0 Å². The highest BCUT2D eigenvalue weighted by molar-refractivity contribution is 7.16. The summed E-state index contributed by atoms with van der Waals surface area (Å²) in [7, 11) is 2.15. The molecular weight excluding hydrogens is 396 g/mol. The van der Waals surface area contributed by atoms with Gasteiger partial charge in [0.25, 0.3) is 0 Å². The lowest BCUT2D eigenvalue weighted by atomic mass is 9.76. The topological polar surface area (TPSA) is 81.8 Å². The molecule has 0 unspecified atom stereocenters. The Hall–Kier alpha value is -1.93. The van der Waals surface area contributed by atoms with E-state index in [1.54, 1.807) is 11.3 Å². The molecule has 0 saturated carbocycles. The summed E-state index contributed by atoms with van der Waals surface area (Å²) in [6.07, 6.45) is 2.88. The van der Waals surface area contributed by atoms with E-state index in [9.17, 15) is 9.90 Å². The van der Waals surface area contributed by atoms with Gasteiger partial charge in [-0.2, -0.15) is 0 Å². The van der Waals surface area contributed by atoms with E-state index < -0.39 is 5.97 Å². The predicted octanol–water partition coefficient (Wildman–Crippen LogP) is 3.34. The zero-order valence-corrected chi connectivity index (χ0v) is 18.9. The predicted molar refractivity (Wildman–Crippen MR) is 123 cm³/mol. The molecule has 0 spiro atoms. The number of carboxylic acids is 1. The highest BCUT2D eigenvalue weighted by Crippen LogP contribution is 2.46. The molecule has 2 aliphatic rings. The van der Waals surface area contributed by atoms with Gasteiger partial charge in [0, 0.05) is 48.2 Å². The van der Waals surface area contributed by atoms with Gasteiger partial charge in [0.1, 0.15) is 0 Å². The number of anilines is 1. The number of hydrogen-bond acceptors (Lipinski definition) is 6. The second-order valence-electron chi connectivity index (χ2n) is 9.37. The highest BCUT2D eigenvalue weighted by Gasteiger charge is 2.33. The number of benzene rings is 1. The maximum absolute atomic E-state index is 12.3. The Balaban J connectivity index is 1.77. The number of aromatic carboxylic acids is 1. The summed E-state index contributed by atoms with van der Waals surface area (Å²) in [5, 5.41) is 10.1. The van der Waals surface area contributed by atoms with Gasteiger partial charge in [-0.05, 0) is 60.5 Å². The SMILES string of the molecule is CN1CCN(c2ccc(-c3sc4c(c3C(=O)O)CC(C)(C)CC4)c(CNN)c2)CC1. The molecule has 4 rings (SSSR count). The molecule has 1 aromatic carbocycles. The van der Waals surface area contributed by atoms with Gasteiger partial charge in [-0.15, -0.1) is 11.3 Å². The fraction of sp³-hybridized carbons (Fsp3) is 0.522. The fourth-order valence-corrected chi connectivity index (χ4v) is 6.02. The van der Waals surface area contributed by atoms with Gasteiger partial charge in [0.15, 0.2) is 0 Å². The van der Waals surface area contributed by atoms with Crippen LogP contribution in [-0.2, 0) is 19.4 Å².